The van der Waals surface area contributed by atoms with Gasteiger partial charge in [-0.1, -0.05) is 13.8 Å². The van der Waals surface area contributed by atoms with Crippen LogP contribution in [0.2, 0.25) is 0 Å². The lowest BCUT2D eigenvalue weighted by atomic mass is 10.0. The van der Waals surface area contributed by atoms with E-state index in [1.165, 1.54) is 0 Å². The van der Waals surface area contributed by atoms with Crippen molar-refractivity contribution in [2.24, 2.45) is 0 Å². The molecule has 0 bridgehead atoms. The van der Waals surface area contributed by atoms with Crippen LogP contribution in [-0.4, -0.2) is 28.3 Å². The van der Waals surface area contributed by atoms with Crippen molar-refractivity contribution < 1.29 is 9.53 Å². The highest BCUT2D eigenvalue weighted by Gasteiger charge is 2.37. The van der Waals surface area contributed by atoms with Crippen molar-refractivity contribution in [3.63, 3.8) is 0 Å². The lowest BCUT2D eigenvalue weighted by molar-refractivity contribution is -0.133. The van der Waals surface area contributed by atoms with Crippen LogP contribution in [0, 0.1) is 0 Å². The first-order valence-electron chi connectivity index (χ1n) is 6.02. The Kier molecular flexibility index (Phi) is 3.19. The van der Waals surface area contributed by atoms with Gasteiger partial charge >= 0.3 is 0 Å². The Labute approximate surface area is 101 Å². The van der Waals surface area contributed by atoms with Gasteiger partial charge in [-0.2, -0.15) is 5.10 Å². The third kappa shape index (κ3) is 2.49. The second-order valence-corrected chi connectivity index (χ2v) is 5.00. The highest BCUT2D eigenvalue weighted by Crippen LogP contribution is 2.26. The Morgan fingerprint density at radius 3 is 2.94 bits per heavy atom. The highest BCUT2D eigenvalue weighted by atomic mass is 16.5. The molecule has 2 rings (SSSR count). The van der Waals surface area contributed by atoms with Gasteiger partial charge in [0.25, 0.3) is 5.91 Å². The fourth-order valence-corrected chi connectivity index (χ4v) is 1.90. The number of amides is 1. The fraction of sp³-hybridized carbons (Fsp3) is 0.667. The molecule has 0 saturated carbocycles. The molecule has 1 aliphatic heterocycles. The summed E-state index contributed by atoms with van der Waals surface area (Å²) in [5.41, 5.74) is 0.314. The van der Waals surface area contributed by atoms with Crippen molar-refractivity contribution in [1.82, 2.24) is 10.2 Å². The lowest BCUT2D eigenvalue weighted by Crippen LogP contribution is -2.39. The number of hydrogen-bond donors (Lipinski definition) is 2. The molecule has 0 spiro atoms. The molecule has 1 saturated heterocycles. The minimum absolute atomic E-state index is 0.114. The molecule has 1 aromatic heterocycles. The van der Waals surface area contributed by atoms with Crippen molar-refractivity contribution in [3.8, 4) is 0 Å². The summed E-state index contributed by atoms with van der Waals surface area (Å²) in [6.07, 6.45) is 1.70. The Morgan fingerprint density at radius 2 is 2.41 bits per heavy atom. The van der Waals surface area contributed by atoms with Crippen molar-refractivity contribution in [2.45, 2.75) is 45.1 Å². The smallest absolute Gasteiger partial charge is 0.257 e. The molecule has 1 fully saturated rings. The summed E-state index contributed by atoms with van der Waals surface area (Å²) in [6.45, 7) is 6.62. The van der Waals surface area contributed by atoms with Gasteiger partial charge in [0.05, 0.1) is 0 Å². The molecule has 0 aromatic carbocycles. The van der Waals surface area contributed by atoms with E-state index < -0.39 is 5.60 Å². The van der Waals surface area contributed by atoms with Crippen molar-refractivity contribution in [3.05, 3.63) is 11.8 Å². The fourth-order valence-electron chi connectivity index (χ4n) is 1.90. The second-order valence-electron chi connectivity index (χ2n) is 5.00. The molecule has 0 radical (unpaired) electrons. The number of ether oxygens (including phenoxy) is 1. The van der Waals surface area contributed by atoms with Gasteiger partial charge in [-0.05, 0) is 25.7 Å². The van der Waals surface area contributed by atoms with Crippen LogP contribution in [-0.2, 0) is 9.53 Å². The lowest BCUT2D eigenvalue weighted by Gasteiger charge is -2.20. The maximum absolute atomic E-state index is 12.0. The minimum atomic E-state index is -0.697. The molecular weight excluding hydrogens is 218 g/mol. The van der Waals surface area contributed by atoms with Crippen LogP contribution in [0.1, 0.15) is 45.2 Å². The van der Waals surface area contributed by atoms with E-state index in [0.717, 1.165) is 18.5 Å². The topological polar surface area (TPSA) is 67.0 Å². The quantitative estimate of drug-likeness (QED) is 0.845. The minimum Gasteiger partial charge on any atom is -0.365 e. The summed E-state index contributed by atoms with van der Waals surface area (Å²) >= 11 is 0. The number of H-pyrrole nitrogens is 1. The van der Waals surface area contributed by atoms with E-state index in [0.29, 0.717) is 18.3 Å². The Hall–Kier alpha value is -1.36. The number of anilines is 1. The van der Waals surface area contributed by atoms with Gasteiger partial charge in [0, 0.05) is 18.4 Å². The van der Waals surface area contributed by atoms with Crippen LogP contribution in [0.3, 0.4) is 0 Å². The number of aromatic nitrogens is 2. The van der Waals surface area contributed by atoms with Crippen LogP contribution in [0.15, 0.2) is 6.07 Å². The first kappa shape index (κ1) is 12.1. The summed E-state index contributed by atoms with van der Waals surface area (Å²) in [5, 5.41) is 9.77. The third-order valence-corrected chi connectivity index (χ3v) is 3.16. The molecule has 5 nitrogen and oxygen atoms in total. The standard InChI is InChI=1S/C12H19N3O2/c1-8(2)9-7-10(15-14-9)13-11(16)12(3)5-4-6-17-12/h7-8H,4-6H2,1-3H3,(H2,13,14,15,16). The second kappa shape index (κ2) is 4.49. The number of nitrogens with zero attached hydrogens (tertiary/aromatic N) is 1. The summed E-state index contributed by atoms with van der Waals surface area (Å²) in [4.78, 5) is 12.0. The number of hydrogen-bond acceptors (Lipinski definition) is 3. The maximum Gasteiger partial charge on any atom is 0.257 e. The zero-order valence-electron chi connectivity index (χ0n) is 10.5. The maximum atomic E-state index is 12.0. The molecular formula is C12H19N3O2. The largest absolute Gasteiger partial charge is 0.365 e. The molecule has 5 heteroatoms. The van der Waals surface area contributed by atoms with E-state index in [1.54, 1.807) is 0 Å². The zero-order chi connectivity index (χ0) is 12.5. The molecule has 1 aliphatic rings. The molecule has 2 heterocycles. The van der Waals surface area contributed by atoms with E-state index in [9.17, 15) is 4.79 Å². The van der Waals surface area contributed by atoms with Gasteiger partial charge < -0.3 is 10.1 Å². The third-order valence-electron chi connectivity index (χ3n) is 3.16. The van der Waals surface area contributed by atoms with Crippen molar-refractivity contribution >= 4 is 11.7 Å². The monoisotopic (exact) mass is 237 g/mol. The molecule has 17 heavy (non-hydrogen) atoms. The van der Waals surface area contributed by atoms with Crippen molar-refractivity contribution in [2.75, 3.05) is 11.9 Å². The first-order chi connectivity index (χ1) is 8.01. The van der Waals surface area contributed by atoms with Gasteiger partial charge in [-0.3, -0.25) is 9.89 Å². The van der Waals surface area contributed by atoms with Gasteiger partial charge in [-0.15, -0.1) is 0 Å². The average Bonchev–Trinajstić information content (AvgIpc) is 2.88. The molecule has 1 aromatic rings. The van der Waals surface area contributed by atoms with Crippen LogP contribution in [0.4, 0.5) is 5.82 Å². The molecule has 1 unspecified atom stereocenters. The number of carbonyl (C=O) groups is 1. The van der Waals surface area contributed by atoms with Crippen molar-refractivity contribution in [1.29, 1.82) is 0 Å². The number of rotatable bonds is 3. The van der Waals surface area contributed by atoms with Crippen LogP contribution in [0.5, 0.6) is 0 Å². The number of carbonyl (C=O) groups excluding carboxylic acids is 1. The van der Waals surface area contributed by atoms with E-state index in [-0.39, 0.29) is 5.91 Å². The molecule has 2 N–H and O–H groups in total. The normalized spacial score (nSPS) is 24.2. The Bertz CT molecular complexity index is 406. The van der Waals surface area contributed by atoms with E-state index in [1.807, 2.05) is 13.0 Å². The van der Waals surface area contributed by atoms with E-state index in [2.05, 4.69) is 29.4 Å². The average molecular weight is 237 g/mol. The van der Waals surface area contributed by atoms with Gasteiger partial charge in [0.15, 0.2) is 5.82 Å². The summed E-state index contributed by atoms with van der Waals surface area (Å²) in [7, 11) is 0. The Balaban J connectivity index is 2.02. The van der Waals surface area contributed by atoms with Gasteiger partial charge in [0.1, 0.15) is 5.60 Å². The SMILES string of the molecule is CC(C)c1cc(NC(=O)C2(C)CCCO2)n[nH]1. The van der Waals surface area contributed by atoms with Gasteiger partial charge in [-0.25, -0.2) is 0 Å². The molecule has 1 amide bonds. The number of aromatic amines is 1. The van der Waals surface area contributed by atoms with E-state index >= 15 is 0 Å². The summed E-state index contributed by atoms with van der Waals surface area (Å²) in [5.74, 6) is 0.818. The molecule has 1 atom stereocenters. The molecule has 94 valence electrons. The summed E-state index contributed by atoms with van der Waals surface area (Å²) < 4.78 is 5.48. The summed E-state index contributed by atoms with van der Waals surface area (Å²) in [6, 6.07) is 1.86. The predicted octanol–water partition coefficient (Wildman–Crippen LogP) is 2.04. The highest BCUT2D eigenvalue weighted by molar-refractivity contribution is 5.96. The number of nitrogens with one attached hydrogen (secondary N) is 2. The first-order valence-corrected chi connectivity index (χ1v) is 6.02. The van der Waals surface area contributed by atoms with Crippen LogP contribution < -0.4 is 5.32 Å². The molecule has 0 aliphatic carbocycles. The van der Waals surface area contributed by atoms with Crippen LogP contribution >= 0.6 is 0 Å². The van der Waals surface area contributed by atoms with Crippen LogP contribution in [0.25, 0.3) is 0 Å². The zero-order valence-corrected chi connectivity index (χ0v) is 10.5. The van der Waals surface area contributed by atoms with E-state index in [4.69, 9.17) is 4.74 Å². The predicted molar refractivity (Wildman–Crippen MR) is 64.9 cm³/mol. The Morgan fingerprint density at radius 1 is 1.65 bits per heavy atom. The van der Waals surface area contributed by atoms with Gasteiger partial charge in [0.2, 0.25) is 0 Å².